The maximum Gasteiger partial charge on any atom is 0.306 e. The smallest absolute Gasteiger partial charge is 0.306 e. The van der Waals surface area contributed by atoms with Gasteiger partial charge < -0.3 is 14.2 Å². The Morgan fingerprint density at radius 1 is 0.294 bits per heavy atom. The van der Waals surface area contributed by atoms with E-state index in [9.17, 15) is 14.4 Å². The Bertz CT molecular complexity index is 1030. The van der Waals surface area contributed by atoms with Gasteiger partial charge in [0, 0.05) is 19.3 Å². The molecule has 0 amide bonds. The van der Waals surface area contributed by atoms with Gasteiger partial charge in [-0.15, -0.1) is 0 Å². The largest absolute Gasteiger partial charge is 0.462 e. The van der Waals surface area contributed by atoms with Gasteiger partial charge in [-0.3, -0.25) is 14.4 Å². The average Bonchev–Trinajstić information content (AvgIpc) is 3.34. The monoisotopic (exact) mass is 961 g/mol. The SMILES string of the molecule is CCCCCCCCCCCCCCCCC(=O)OC[C@H](COC(=O)CCCCCCCCCCCCCCCCCCCCC(C)CC)OC(=O)CCCCCCCCCCCCCCCC. The molecule has 0 heterocycles. The summed E-state index contributed by atoms with van der Waals surface area (Å²) >= 11 is 0. The first-order chi connectivity index (χ1) is 33.4. The van der Waals surface area contributed by atoms with E-state index in [0.29, 0.717) is 19.3 Å². The van der Waals surface area contributed by atoms with Gasteiger partial charge in [0.1, 0.15) is 13.2 Å². The summed E-state index contributed by atoms with van der Waals surface area (Å²) in [6.07, 6.45) is 62.3. The zero-order chi connectivity index (χ0) is 49.5. The van der Waals surface area contributed by atoms with Crippen LogP contribution in [-0.4, -0.2) is 37.2 Å². The van der Waals surface area contributed by atoms with Crippen molar-refractivity contribution >= 4 is 17.9 Å². The number of hydrogen-bond acceptors (Lipinski definition) is 6. The fourth-order valence-corrected chi connectivity index (χ4v) is 9.60. The molecule has 0 aliphatic carbocycles. The molecule has 0 aliphatic rings. The lowest BCUT2D eigenvalue weighted by Crippen LogP contribution is -2.30. The lowest BCUT2D eigenvalue weighted by molar-refractivity contribution is -0.167. The summed E-state index contributed by atoms with van der Waals surface area (Å²) in [6.45, 7) is 9.12. The van der Waals surface area contributed by atoms with Crippen LogP contribution in [-0.2, 0) is 28.6 Å². The van der Waals surface area contributed by atoms with Crippen LogP contribution in [0.5, 0.6) is 0 Å². The van der Waals surface area contributed by atoms with Crippen molar-refractivity contribution in [3.8, 4) is 0 Å². The number of unbranched alkanes of at least 4 members (excludes halogenated alkanes) is 43. The van der Waals surface area contributed by atoms with Crippen LogP contribution < -0.4 is 0 Å². The quantitative estimate of drug-likeness (QED) is 0.0343. The molecule has 6 heteroatoms. The van der Waals surface area contributed by atoms with Crippen molar-refractivity contribution in [2.75, 3.05) is 13.2 Å². The van der Waals surface area contributed by atoms with E-state index >= 15 is 0 Å². The van der Waals surface area contributed by atoms with E-state index in [1.54, 1.807) is 0 Å². The molecule has 0 aromatic rings. The van der Waals surface area contributed by atoms with E-state index in [2.05, 4.69) is 27.7 Å². The van der Waals surface area contributed by atoms with Gasteiger partial charge in [0.05, 0.1) is 0 Å². The standard InChI is InChI=1S/C62H120O6/c1-5-8-10-12-14-16-18-20-29-33-37-41-45-49-53-60(63)66-56-59(68-62(65)55-51-47-43-39-35-30-21-19-17-15-13-11-9-6-2)57-67-61(64)54-50-46-42-38-34-31-27-25-23-22-24-26-28-32-36-40-44-48-52-58(4)7-3/h58-59H,5-57H2,1-4H3/t58?,59-/m1/s1. The van der Waals surface area contributed by atoms with Crippen molar-refractivity contribution in [2.45, 2.75) is 361 Å². The normalized spacial score (nSPS) is 12.4. The molecular weight excluding hydrogens is 841 g/mol. The Labute approximate surface area is 425 Å². The Balaban J connectivity index is 4.23. The Hall–Kier alpha value is -1.59. The summed E-state index contributed by atoms with van der Waals surface area (Å²) in [7, 11) is 0. The molecule has 0 bridgehead atoms. The van der Waals surface area contributed by atoms with Gasteiger partial charge >= 0.3 is 17.9 Å². The van der Waals surface area contributed by atoms with Crippen LogP contribution in [0.1, 0.15) is 355 Å². The van der Waals surface area contributed by atoms with Gasteiger partial charge in [-0.1, -0.05) is 317 Å². The number of rotatable bonds is 57. The lowest BCUT2D eigenvalue weighted by atomic mass is 9.99. The summed E-state index contributed by atoms with van der Waals surface area (Å²) in [4.78, 5) is 38.2. The number of ether oxygens (including phenoxy) is 3. The van der Waals surface area contributed by atoms with Crippen LogP contribution in [0.2, 0.25) is 0 Å². The molecule has 6 nitrogen and oxygen atoms in total. The molecule has 68 heavy (non-hydrogen) atoms. The van der Waals surface area contributed by atoms with Gasteiger partial charge in [0.25, 0.3) is 0 Å². The second-order valence-electron chi connectivity index (χ2n) is 21.6. The average molecular weight is 962 g/mol. The molecule has 1 unspecified atom stereocenters. The van der Waals surface area contributed by atoms with Gasteiger partial charge in [0.15, 0.2) is 6.10 Å². The van der Waals surface area contributed by atoms with Crippen molar-refractivity contribution in [1.82, 2.24) is 0 Å². The summed E-state index contributed by atoms with van der Waals surface area (Å²) in [6, 6.07) is 0. The van der Waals surface area contributed by atoms with Gasteiger partial charge in [-0.05, 0) is 25.2 Å². The fourth-order valence-electron chi connectivity index (χ4n) is 9.60. The zero-order valence-electron chi connectivity index (χ0n) is 46.6. The van der Waals surface area contributed by atoms with E-state index in [0.717, 1.165) is 63.7 Å². The minimum atomic E-state index is -0.762. The fraction of sp³-hybridized carbons (Fsp3) is 0.952. The number of hydrogen-bond donors (Lipinski definition) is 0. The van der Waals surface area contributed by atoms with Crippen molar-refractivity contribution in [3.63, 3.8) is 0 Å². The van der Waals surface area contributed by atoms with Gasteiger partial charge in [-0.25, -0.2) is 0 Å². The van der Waals surface area contributed by atoms with Crippen LogP contribution in [0.4, 0.5) is 0 Å². The van der Waals surface area contributed by atoms with E-state index in [1.165, 1.54) is 250 Å². The van der Waals surface area contributed by atoms with Crippen LogP contribution in [0.15, 0.2) is 0 Å². The van der Waals surface area contributed by atoms with Gasteiger partial charge in [0.2, 0.25) is 0 Å². The molecule has 0 fully saturated rings. The highest BCUT2D eigenvalue weighted by Crippen LogP contribution is 2.19. The van der Waals surface area contributed by atoms with Crippen molar-refractivity contribution in [2.24, 2.45) is 5.92 Å². The Morgan fingerprint density at radius 3 is 0.765 bits per heavy atom. The van der Waals surface area contributed by atoms with Crippen molar-refractivity contribution in [3.05, 3.63) is 0 Å². The Kier molecular flexibility index (Phi) is 55.0. The highest BCUT2D eigenvalue weighted by Gasteiger charge is 2.19. The van der Waals surface area contributed by atoms with E-state index in [1.807, 2.05) is 0 Å². The predicted octanol–water partition coefficient (Wildman–Crippen LogP) is 20.6. The molecule has 404 valence electrons. The summed E-state index contributed by atoms with van der Waals surface area (Å²) in [5, 5.41) is 0. The second kappa shape index (κ2) is 56.3. The van der Waals surface area contributed by atoms with E-state index in [-0.39, 0.29) is 31.1 Å². The number of carbonyl (C=O) groups excluding carboxylic acids is 3. The molecular formula is C62H120O6. The van der Waals surface area contributed by atoms with Gasteiger partial charge in [-0.2, -0.15) is 0 Å². The summed E-state index contributed by atoms with van der Waals surface area (Å²) in [5.74, 6) is 0.0797. The highest BCUT2D eigenvalue weighted by atomic mass is 16.6. The highest BCUT2D eigenvalue weighted by molar-refractivity contribution is 5.71. The Morgan fingerprint density at radius 2 is 0.515 bits per heavy atom. The van der Waals surface area contributed by atoms with Crippen LogP contribution in [0, 0.1) is 5.92 Å². The molecule has 0 aromatic carbocycles. The minimum absolute atomic E-state index is 0.0613. The first-order valence-electron chi connectivity index (χ1n) is 30.9. The van der Waals surface area contributed by atoms with Crippen molar-refractivity contribution in [1.29, 1.82) is 0 Å². The first-order valence-corrected chi connectivity index (χ1v) is 30.9. The molecule has 0 saturated heterocycles. The predicted molar refractivity (Wildman–Crippen MR) is 293 cm³/mol. The van der Waals surface area contributed by atoms with Crippen LogP contribution in [0.25, 0.3) is 0 Å². The third kappa shape index (κ3) is 53.8. The lowest BCUT2D eigenvalue weighted by Gasteiger charge is -2.18. The molecule has 0 saturated carbocycles. The van der Waals surface area contributed by atoms with Crippen molar-refractivity contribution < 1.29 is 28.6 Å². The topological polar surface area (TPSA) is 78.9 Å². The maximum atomic E-state index is 12.9. The first kappa shape index (κ1) is 66.4. The molecule has 0 aromatic heterocycles. The number of carbonyl (C=O) groups is 3. The second-order valence-corrected chi connectivity index (χ2v) is 21.6. The van der Waals surface area contributed by atoms with E-state index < -0.39 is 6.10 Å². The molecule has 0 rings (SSSR count). The minimum Gasteiger partial charge on any atom is -0.462 e. The molecule has 0 spiro atoms. The van der Waals surface area contributed by atoms with Crippen LogP contribution in [0.3, 0.4) is 0 Å². The number of esters is 3. The third-order valence-electron chi connectivity index (χ3n) is 14.7. The summed E-state index contributed by atoms with van der Waals surface area (Å²) < 4.78 is 16.9. The molecule has 0 N–H and O–H groups in total. The third-order valence-corrected chi connectivity index (χ3v) is 14.7. The maximum absolute atomic E-state index is 12.9. The van der Waals surface area contributed by atoms with E-state index in [4.69, 9.17) is 14.2 Å². The summed E-state index contributed by atoms with van der Waals surface area (Å²) in [5.41, 5.74) is 0. The van der Waals surface area contributed by atoms with Crippen LogP contribution >= 0.6 is 0 Å². The molecule has 0 radical (unpaired) electrons. The molecule has 0 aliphatic heterocycles. The molecule has 2 atom stereocenters. The zero-order valence-corrected chi connectivity index (χ0v) is 46.6.